The number of hydrogen-bond acceptors (Lipinski definition) is 1. The van der Waals surface area contributed by atoms with E-state index in [2.05, 4.69) is 41.8 Å². The maximum absolute atomic E-state index is 12.1. The molecule has 0 bridgehead atoms. The lowest BCUT2D eigenvalue weighted by atomic mass is 9.92. The molecule has 19 heavy (non-hydrogen) atoms. The van der Waals surface area contributed by atoms with Crippen LogP contribution in [0.3, 0.4) is 0 Å². The number of para-hydroxylation sites is 1. The number of anilines is 1. The van der Waals surface area contributed by atoms with Crippen LogP contribution in [0.4, 0.5) is 5.69 Å². The average Bonchev–Trinajstić information content (AvgIpc) is 2.30. The van der Waals surface area contributed by atoms with E-state index in [4.69, 9.17) is 0 Å². The minimum absolute atomic E-state index is 0.125. The summed E-state index contributed by atoms with van der Waals surface area (Å²) in [4.78, 5) is 13.5. The Hall–Kier alpha value is -0.620. The van der Waals surface area contributed by atoms with Crippen molar-refractivity contribution in [2.75, 3.05) is 25.0 Å². The molecule has 0 saturated carbocycles. The highest BCUT2D eigenvalue weighted by Crippen LogP contribution is 2.16. The Bertz CT molecular complexity index is 440. The van der Waals surface area contributed by atoms with Crippen LogP contribution >= 0.6 is 22.6 Å². The molecule has 2 N–H and O–H groups in total. The van der Waals surface area contributed by atoms with Gasteiger partial charge in [0, 0.05) is 15.4 Å². The third-order valence-corrected chi connectivity index (χ3v) is 4.58. The van der Waals surface area contributed by atoms with Crippen LogP contribution in [0.25, 0.3) is 0 Å². The van der Waals surface area contributed by atoms with E-state index in [0.29, 0.717) is 6.54 Å². The second-order valence-corrected chi connectivity index (χ2v) is 6.97. The zero-order valence-electron chi connectivity index (χ0n) is 11.6. The lowest BCUT2D eigenvalue weighted by Crippen LogP contribution is -3.15. The smallest absolute Gasteiger partial charge is 0.279 e. The van der Waals surface area contributed by atoms with Gasteiger partial charge >= 0.3 is 0 Å². The van der Waals surface area contributed by atoms with Gasteiger partial charge in [-0.1, -0.05) is 26.0 Å². The molecule has 1 aliphatic heterocycles. The summed E-state index contributed by atoms with van der Waals surface area (Å²) in [5, 5.41) is 3.02. The fraction of sp³-hybridized carbons (Fsp3) is 0.533. The van der Waals surface area contributed by atoms with Crippen molar-refractivity contribution in [3.63, 3.8) is 0 Å². The number of likely N-dealkylation sites (tertiary alicyclic amines) is 1. The first kappa shape index (κ1) is 14.8. The van der Waals surface area contributed by atoms with Gasteiger partial charge in [-0.05, 0) is 41.1 Å². The highest BCUT2D eigenvalue weighted by atomic mass is 127. The minimum Gasteiger partial charge on any atom is -0.327 e. The maximum Gasteiger partial charge on any atom is 0.279 e. The molecule has 4 heteroatoms. The number of hydrogen-bond donors (Lipinski definition) is 2. The van der Waals surface area contributed by atoms with Crippen molar-refractivity contribution in [2.24, 2.45) is 11.8 Å². The number of nitrogens with one attached hydrogen (secondary N) is 2. The summed E-state index contributed by atoms with van der Waals surface area (Å²) in [5.41, 5.74) is 0.922. The summed E-state index contributed by atoms with van der Waals surface area (Å²) in [6, 6.07) is 7.90. The summed E-state index contributed by atoms with van der Waals surface area (Å²) >= 11 is 2.25. The largest absolute Gasteiger partial charge is 0.327 e. The van der Waals surface area contributed by atoms with Crippen molar-refractivity contribution in [3.8, 4) is 0 Å². The SMILES string of the molecule is C[C@@H]1C[C@H](C)C[NH+](CC(=O)Nc2ccccc2I)C1. The number of benzene rings is 1. The summed E-state index contributed by atoms with van der Waals surface area (Å²) in [7, 11) is 0. The number of piperidine rings is 1. The van der Waals surface area contributed by atoms with Crippen molar-refractivity contribution in [1.29, 1.82) is 0 Å². The number of rotatable bonds is 3. The Balaban J connectivity index is 1.89. The molecule has 1 fully saturated rings. The van der Waals surface area contributed by atoms with E-state index in [1.54, 1.807) is 0 Å². The Kier molecular flexibility index (Phi) is 5.21. The second kappa shape index (κ2) is 6.70. The van der Waals surface area contributed by atoms with E-state index in [-0.39, 0.29) is 5.91 Å². The molecule has 3 nitrogen and oxygen atoms in total. The van der Waals surface area contributed by atoms with Crippen LogP contribution in [-0.4, -0.2) is 25.5 Å². The highest BCUT2D eigenvalue weighted by Gasteiger charge is 2.26. The average molecular weight is 373 g/mol. The second-order valence-electron chi connectivity index (χ2n) is 5.81. The van der Waals surface area contributed by atoms with Crippen LogP contribution < -0.4 is 10.2 Å². The zero-order valence-corrected chi connectivity index (χ0v) is 13.7. The molecule has 0 spiro atoms. The highest BCUT2D eigenvalue weighted by molar-refractivity contribution is 14.1. The minimum atomic E-state index is 0.125. The molecule has 1 aliphatic rings. The molecule has 0 aliphatic carbocycles. The van der Waals surface area contributed by atoms with Crippen molar-refractivity contribution in [2.45, 2.75) is 20.3 Å². The Morgan fingerprint density at radius 3 is 2.58 bits per heavy atom. The van der Waals surface area contributed by atoms with Crippen LogP contribution in [-0.2, 0) is 4.79 Å². The predicted molar refractivity (Wildman–Crippen MR) is 86.3 cm³/mol. The molecule has 1 unspecified atom stereocenters. The number of carbonyl (C=O) groups excluding carboxylic acids is 1. The molecule has 3 atom stereocenters. The van der Waals surface area contributed by atoms with Gasteiger partial charge in [0.2, 0.25) is 0 Å². The first-order chi connectivity index (χ1) is 9.04. The lowest BCUT2D eigenvalue weighted by molar-refractivity contribution is -0.904. The van der Waals surface area contributed by atoms with Crippen molar-refractivity contribution >= 4 is 34.2 Å². The number of carbonyl (C=O) groups is 1. The third kappa shape index (κ3) is 4.45. The van der Waals surface area contributed by atoms with Crippen LogP contribution in [0.2, 0.25) is 0 Å². The molecule has 1 aromatic carbocycles. The molecule has 0 aromatic heterocycles. The van der Waals surface area contributed by atoms with Crippen LogP contribution in [0.1, 0.15) is 20.3 Å². The van der Waals surface area contributed by atoms with E-state index in [9.17, 15) is 4.79 Å². The Morgan fingerprint density at radius 1 is 1.32 bits per heavy atom. The molecule has 0 radical (unpaired) electrons. The first-order valence-electron chi connectivity index (χ1n) is 6.92. The summed E-state index contributed by atoms with van der Waals surface area (Å²) in [6.45, 7) is 7.38. The standard InChI is InChI=1S/C15H21IN2O/c1-11-7-12(2)9-18(8-11)10-15(19)17-14-6-4-3-5-13(14)16/h3-6,11-12H,7-10H2,1-2H3,(H,17,19)/p+1/t11-,12+. The molecule has 2 rings (SSSR count). The molecule has 1 aromatic rings. The molecule has 1 amide bonds. The fourth-order valence-electron chi connectivity index (χ4n) is 3.05. The molecule has 104 valence electrons. The third-order valence-electron chi connectivity index (χ3n) is 3.64. The fourth-order valence-corrected chi connectivity index (χ4v) is 3.57. The monoisotopic (exact) mass is 373 g/mol. The van der Waals surface area contributed by atoms with Crippen LogP contribution in [0.15, 0.2) is 24.3 Å². The number of amides is 1. The Labute approximate surface area is 128 Å². The van der Waals surface area contributed by atoms with E-state index in [0.717, 1.165) is 34.2 Å². The van der Waals surface area contributed by atoms with Gasteiger partial charge in [-0.2, -0.15) is 0 Å². The van der Waals surface area contributed by atoms with Crippen molar-refractivity contribution in [1.82, 2.24) is 0 Å². The summed E-state index contributed by atoms with van der Waals surface area (Å²) < 4.78 is 1.09. The maximum atomic E-state index is 12.1. The van der Waals surface area contributed by atoms with Gasteiger partial charge in [0.1, 0.15) is 0 Å². The topological polar surface area (TPSA) is 33.5 Å². The van der Waals surface area contributed by atoms with Gasteiger partial charge in [-0.3, -0.25) is 4.79 Å². The van der Waals surface area contributed by atoms with Gasteiger partial charge in [0.15, 0.2) is 6.54 Å². The van der Waals surface area contributed by atoms with E-state index < -0.39 is 0 Å². The molecule has 1 saturated heterocycles. The van der Waals surface area contributed by atoms with Crippen LogP contribution in [0.5, 0.6) is 0 Å². The van der Waals surface area contributed by atoms with Crippen molar-refractivity contribution < 1.29 is 9.69 Å². The van der Waals surface area contributed by atoms with E-state index in [1.165, 1.54) is 11.3 Å². The van der Waals surface area contributed by atoms with E-state index >= 15 is 0 Å². The van der Waals surface area contributed by atoms with Crippen molar-refractivity contribution in [3.05, 3.63) is 27.8 Å². The zero-order chi connectivity index (χ0) is 13.8. The van der Waals surface area contributed by atoms with Gasteiger partial charge in [-0.15, -0.1) is 0 Å². The van der Waals surface area contributed by atoms with Crippen LogP contribution in [0, 0.1) is 15.4 Å². The van der Waals surface area contributed by atoms with Gasteiger partial charge < -0.3 is 10.2 Å². The molecular weight excluding hydrogens is 351 g/mol. The van der Waals surface area contributed by atoms with Gasteiger partial charge in [0.25, 0.3) is 5.91 Å². The molecule has 1 heterocycles. The normalized spacial score (nSPS) is 27.0. The lowest BCUT2D eigenvalue weighted by Gasteiger charge is -2.31. The van der Waals surface area contributed by atoms with Gasteiger partial charge in [0.05, 0.1) is 18.8 Å². The first-order valence-corrected chi connectivity index (χ1v) is 8.00. The molecular formula is C15H22IN2O+. The Morgan fingerprint density at radius 2 is 1.95 bits per heavy atom. The quantitative estimate of drug-likeness (QED) is 0.779. The van der Waals surface area contributed by atoms with Gasteiger partial charge in [-0.25, -0.2) is 0 Å². The predicted octanol–water partition coefficient (Wildman–Crippen LogP) is 1.79. The number of halogens is 1. The number of quaternary nitrogens is 1. The summed E-state index contributed by atoms with van der Waals surface area (Å²) in [6.07, 6.45) is 1.29. The summed E-state index contributed by atoms with van der Waals surface area (Å²) in [5.74, 6) is 1.58. The van der Waals surface area contributed by atoms with E-state index in [1.807, 2.05) is 24.3 Å².